The van der Waals surface area contributed by atoms with Gasteiger partial charge in [-0.15, -0.1) is 0 Å². The van der Waals surface area contributed by atoms with E-state index < -0.39 is 23.7 Å². The highest BCUT2D eigenvalue weighted by atomic mass is 19.1. The van der Waals surface area contributed by atoms with Crippen molar-refractivity contribution in [2.45, 2.75) is 101 Å². The number of halogens is 2. The fraction of sp³-hybridized carbons (Fsp3) is 0.500. The maximum atomic E-state index is 15.6. The van der Waals surface area contributed by atoms with Gasteiger partial charge in [-0.1, -0.05) is 61.5 Å². The highest BCUT2D eigenvalue weighted by Gasteiger charge is 2.35. The Bertz CT molecular complexity index is 1540. The summed E-state index contributed by atoms with van der Waals surface area (Å²) in [6, 6.07) is 10.6. The molecule has 8 heteroatoms. The number of carbonyl (C=O) groups is 3. The Morgan fingerprint density at radius 1 is 0.958 bits per heavy atom. The van der Waals surface area contributed by atoms with Gasteiger partial charge in [0.05, 0.1) is 6.04 Å². The van der Waals surface area contributed by atoms with Gasteiger partial charge in [0.1, 0.15) is 29.4 Å². The lowest BCUT2D eigenvalue weighted by molar-refractivity contribution is -0.126. The quantitative estimate of drug-likeness (QED) is 0.154. The van der Waals surface area contributed by atoms with Crippen LogP contribution in [0.25, 0.3) is 11.1 Å². The Morgan fingerprint density at radius 2 is 1.56 bits per heavy atom. The highest BCUT2D eigenvalue weighted by Crippen LogP contribution is 2.35. The number of ketones is 1. The van der Waals surface area contributed by atoms with Crippen molar-refractivity contribution in [1.29, 1.82) is 0 Å². The average molecular weight is 664 g/mol. The summed E-state index contributed by atoms with van der Waals surface area (Å²) >= 11 is 0. The summed E-state index contributed by atoms with van der Waals surface area (Å²) in [6.07, 6.45) is 0.872. The maximum absolute atomic E-state index is 15.6. The van der Waals surface area contributed by atoms with Crippen LogP contribution in [-0.2, 0) is 9.59 Å². The van der Waals surface area contributed by atoms with Crippen LogP contribution in [0.4, 0.5) is 14.6 Å². The number of hydrogen-bond donors (Lipinski definition) is 1. The molecule has 0 aliphatic carbocycles. The van der Waals surface area contributed by atoms with E-state index in [1.165, 1.54) is 12.1 Å². The van der Waals surface area contributed by atoms with Gasteiger partial charge in [0.25, 0.3) is 0 Å². The Hall–Kier alpha value is -3.94. The van der Waals surface area contributed by atoms with E-state index in [9.17, 15) is 18.8 Å². The SMILES string of the molecule is CC.CC.Cc1cc(-c2c(C)cc(F)cc2C)cc(C(CC=O)NC(=O)[C@@H](CC(=O)c2cccc(N3CC(C)(C)C3)n2)CC(C)C)c1F. The van der Waals surface area contributed by atoms with Crippen molar-refractivity contribution < 1.29 is 23.2 Å². The number of nitrogens with zero attached hydrogens (tertiary/aromatic N) is 2. The van der Waals surface area contributed by atoms with E-state index in [2.05, 4.69) is 29.0 Å². The predicted octanol–water partition coefficient (Wildman–Crippen LogP) is 9.53. The molecule has 1 unspecified atom stereocenters. The van der Waals surface area contributed by atoms with Crippen LogP contribution in [0, 0.1) is 49.7 Å². The molecule has 48 heavy (non-hydrogen) atoms. The number of Topliss-reactive ketones (excluding diaryl/α,β-unsaturated/α-hetero) is 1. The van der Waals surface area contributed by atoms with E-state index in [1.54, 1.807) is 45.0 Å². The molecular formula is C40H55F2N3O3. The summed E-state index contributed by atoms with van der Waals surface area (Å²) in [7, 11) is 0. The van der Waals surface area contributed by atoms with Crippen LogP contribution >= 0.6 is 0 Å². The van der Waals surface area contributed by atoms with Gasteiger partial charge in [-0.3, -0.25) is 9.59 Å². The van der Waals surface area contributed by atoms with Crippen molar-refractivity contribution in [2.75, 3.05) is 18.0 Å². The van der Waals surface area contributed by atoms with Crippen molar-refractivity contribution in [3.05, 3.63) is 82.0 Å². The van der Waals surface area contributed by atoms with E-state index in [1.807, 2.05) is 47.6 Å². The first kappa shape index (κ1) is 40.2. The number of benzene rings is 2. The van der Waals surface area contributed by atoms with Gasteiger partial charge in [-0.2, -0.15) is 0 Å². The summed E-state index contributed by atoms with van der Waals surface area (Å²) in [6.45, 7) is 23.2. The summed E-state index contributed by atoms with van der Waals surface area (Å²) in [4.78, 5) is 45.6. The number of aromatic nitrogens is 1. The molecule has 1 aliphatic rings. The molecule has 1 aromatic heterocycles. The Labute approximate surface area is 286 Å². The van der Waals surface area contributed by atoms with Crippen molar-refractivity contribution in [1.82, 2.24) is 10.3 Å². The Kier molecular flexibility index (Phi) is 15.1. The molecule has 2 atom stereocenters. The van der Waals surface area contributed by atoms with Gasteiger partial charge in [-0.25, -0.2) is 13.8 Å². The van der Waals surface area contributed by atoms with E-state index in [4.69, 9.17) is 0 Å². The van der Waals surface area contributed by atoms with E-state index in [0.29, 0.717) is 40.7 Å². The van der Waals surface area contributed by atoms with Crippen LogP contribution in [-0.4, -0.2) is 36.1 Å². The fourth-order valence-electron chi connectivity index (χ4n) is 6.29. The molecule has 1 fully saturated rings. The number of hydrogen-bond acceptors (Lipinski definition) is 5. The molecule has 0 spiro atoms. The van der Waals surface area contributed by atoms with E-state index in [0.717, 1.165) is 24.5 Å². The topological polar surface area (TPSA) is 79.4 Å². The smallest absolute Gasteiger partial charge is 0.224 e. The second-order valence-corrected chi connectivity index (χ2v) is 13.4. The lowest BCUT2D eigenvalue weighted by Crippen LogP contribution is -2.53. The molecule has 4 rings (SSSR count). The molecule has 3 aromatic rings. The number of nitrogens with one attached hydrogen (secondary N) is 1. The van der Waals surface area contributed by atoms with E-state index >= 15 is 4.39 Å². The van der Waals surface area contributed by atoms with Crippen LogP contribution in [0.3, 0.4) is 0 Å². The predicted molar refractivity (Wildman–Crippen MR) is 192 cm³/mol. The molecule has 0 saturated carbocycles. The molecular weight excluding hydrogens is 608 g/mol. The monoisotopic (exact) mass is 663 g/mol. The first-order valence-electron chi connectivity index (χ1n) is 17.3. The van der Waals surface area contributed by atoms with Gasteiger partial charge in [-0.05, 0) is 103 Å². The number of aryl methyl sites for hydroxylation is 3. The van der Waals surface area contributed by atoms with Crippen LogP contribution < -0.4 is 10.2 Å². The molecule has 2 heterocycles. The molecule has 2 aromatic carbocycles. The van der Waals surface area contributed by atoms with Crippen molar-refractivity contribution in [3.63, 3.8) is 0 Å². The number of amides is 1. The van der Waals surface area contributed by atoms with Crippen LogP contribution in [0.2, 0.25) is 0 Å². The van der Waals surface area contributed by atoms with Crippen LogP contribution in [0.1, 0.15) is 113 Å². The standard InChI is InChI=1S/C36H43F2N3O3.2C2H6/c1-21(2)13-26(18-31(43)30-9-8-10-32(39-30)41-19-36(6,7)20-41)35(44)40-29(11-12-42)28-17-25(14-24(5)34(28)38)33-22(3)15-27(37)16-23(33)4;2*1-2/h8-10,12,14-17,21,26,29H,11,13,18-20H2,1-7H3,(H,40,44);2*1-2H3/t26-,29?;;/m1../s1. The second-order valence-electron chi connectivity index (χ2n) is 13.4. The second kappa shape index (κ2) is 18.0. The minimum Gasteiger partial charge on any atom is -0.355 e. The van der Waals surface area contributed by atoms with Gasteiger partial charge >= 0.3 is 0 Å². The molecule has 1 amide bonds. The summed E-state index contributed by atoms with van der Waals surface area (Å²) in [5.74, 6) is -1.39. The van der Waals surface area contributed by atoms with Crippen LogP contribution in [0.5, 0.6) is 0 Å². The molecule has 0 radical (unpaired) electrons. The molecule has 0 bridgehead atoms. The Balaban J connectivity index is 0.00000193. The third kappa shape index (κ3) is 10.3. The number of anilines is 1. The van der Waals surface area contributed by atoms with Gasteiger partial charge in [0.15, 0.2) is 5.78 Å². The lowest BCUT2D eigenvalue weighted by atomic mass is 9.84. The number of pyridine rings is 1. The minimum absolute atomic E-state index is 0.0602. The first-order valence-corrected chi connectivity index (χ1v) is 17.3. The van der Waals surface area contributed by atoms with E-state index in [-0.39, 0.29) is 41.3 Å². The van der Waals surface area contributed by atoms with Gasteiger partial charge < -0.3 is 15.0 Å². The average Bonchev–Trinajstić information content (AvgIpc) is 3.02. The fourth-order valence-corrected chi connectivity index (χ4v) is 6.29. The van der Waals surface area contributed by atoms with Crippen molar-refractivity contribution in [3.8, 4) is 11.1 Å². The molecule has 262 valence electrons. The van der Waals surface area contributed by atoms with Crippen molar-refractivity contribution in [2.24, 2.45) is 17.3 Å². The van der Waals surface area contributed by atoms with Crippen molar-refractivity contribution >= 4 is 23.8 Å². The van der Waals surface area contributed by atoms with Gasteiger partial charge in [0, 0.05) is 37.4 Å². The minimum atomic E-state index is -0.944. The zero-order valence-corrected chi connectivity index (χ0v) is 30.8. The number of rotatable bonds is 12. The summed E-state index contributed by atoms with van der Waals surface area (Å²) in [5, 5.41) is 2.89. The summed E-state index contributed by atoms with van der Waals surface area (Å²) in [5.41, 5.74) is 3.85. The Morgan fingerprint density at radius 3 is 2.10 bits per heavy atom. The molecule has 6 nitrogen and oxygen atoms in total. The lowest BCUT2D eigenvalue weighted by Gasteiger charge is -2.46. The number of carbonyl (C=O) groups excluding carboxylic acids is 3. The summed E-state index contributed by atoms with van der Waals surface area (Å²) < 4.78 is 29.6. The third-order valence-corrected chi connectivity index (χ3v) is 8.23. The number of aldehydes is 1. The molecule has 1 saturated heterocycles. The third-order valence-electron chi connectivity index (χ3n) is 8.23. The molecule has 1 N–H and O–H groups in total. The first-order chi connectivity index (χ1) is 22.7. The van der Waals surface area contributed by atoms with Gasteiger partial charge in [0.2, 0.25) is 5.91 Å². The largest absolute Gasteiger partial charge is 0.355 e. The highest BCUT2D eigenvalue weighted by molar-refractivity contribution is 5.97. The molecule has 1 aliphatic heterocycles. The zero-order chi connectivity index (χ0) is 36.3. The van der Waals surface area contributed by atoms with Crippen LogP contribution in [0.15, 0.2) is 42.5 Å². The maximum Gasteiger partial charge on any atom is 0.224 e. The normalized spacial score (nSPS) is 14.4. The zero-order valence-electron chi connectivity index (χ0n) is 30.8.